The van der Waals surface area contributed by atoms with E-state index in [9.17, 15) is 4.79 Å². The quantitative estimate of drug-likeness (QED) is 0.626. The van der Waals surface area contributed by atoms with Crippen molar-refractivity contribution in [3.05, 3.63) is 47.5 Å². The molecule has 5 nitrogen and oxygen atoms in total. The van der Waals surface area contributed by atoms with Crippen LogP contribution in [0.4, 0.5) is 5.69 Å². The van der Waals surface area contributed by atoms with Crippen LogP contribution in [0.1, 0.15) is 25.3 Å². The standard InChI is InChI=1S/C20H22N2O3S/c1-3-24-14-9-10-17(25-4-2)16(13-14)21-19(23)11-12-20-22-15-7-5-6-8-18(15)26-20/h5-10,13H,3-4,11-12H2,1-2H3,(H,21,23). The van der Waals surface area contributed by atoms with E-state index in [-0.39, 0.29) is 5.91 Å². The molecule has 0 saturated carbocycles. The highest BCUT2D eigenvalue weighted by Gasteiger charge is 2.11. The number of amides is 1. The largest absolute Gasteiger partial charge is 0.494 e. The number of hydrogen-bond acceptors (Lipinski definition) is 5. The van der Waals surface area contributed by atoms with Crippen molar-refractivity contribution in [2.75, 3.05) is 18.5 Å². The Morgan fingerprint density at radius 3 is 2.69 bits per heavy atom. The van der Waals surface area contributed by atoms with Gasteiger partial charge in [-0.1, -0.05) is 12.1 Å². The molecule has 3 rings (SSSR count). The summed E-state index contributed by atoms with van der Waals surface area (Å²) in [5.41, 5.74) is 1.61. The van der Waals surface area contributed by atoms with E-state index in [0.29, 0.717) is 43.2 Å². The molecule has 0 aliphatic carbocycles. The van der Waals surface area contributed by atoms with Gasteiger partial charge in [0, 0.05) is 18.9 Å². The Bertz CT molecular complexity index is 859. The number of benzene rings is 2. The molecule has 3 aromatic rings. The molecule has 136 valence electrons. The first-order chi connectivity index (χ1) is 12.7. The number of nitrogens with one attached hydrogen (secondary N) is 1. The predicted octanol–water partition coefficient (Wildman–Crippen LogP) is 4.67. The first-order valence-electron chi connectivity index (χ1n) is 8.73. The number of hydrogen-bond donors (Lipinski definition) is 1. The van der Waals surface area contributed by atoms with Crippen LogP contribution in [0.5, 0.6) is 11.5 Å². The summed E-state index contributed by atoms with van der Waals surface area (Å²) < 4.78 is 12.2. The fraction of sp³-hybridized carbons (Fsp3) is 0.300. The average molecular weight is 370 g/mol. The number of rotatable bonds is 8. The predicted molar refractivity (Wildman–Crippen MR) is 105 cm³/mol. The van der Waals surface area contributed by atoms with Crippen LogP contribution in [0.15, 0.2) is 42.5 Å². The topological polar surface area (TPSA) is 60.5 Å². The van der Waals surface area contributed by atoms with Gasteiger partial charge in [0.15, 0.2) is 0 Å². The number of para-hydroxylation sites is 1. The third-order valence-electron chi connectivity index (χ3n) is 3.74. The number of thiazole rings is 1. The van der Waals surface area contributed by atoms with Crippen molar-refractivity contribution in [1.82, 2.24) is 4.98 Å². The Labute approximate surface area is 157 Å². The van der Waals surface area contributed by atoms with Gasteiger partial charge >= 0.3 is 0 Å². The summed E-state index contributed by atoms with van der Waals surface area (Å²) in [6.45, 7) is 4.93. The number of aromatic nitrogens is 1. The third kappa shape index (κ3) is 4.52. The zero-order valence-corrected chi connectivity index (χ0v) is 15.8. The van der Waals surface area contributed by atoms with Gasteiger partial charge in [0.1, 0.15) is 11.5 Å². The minimum Gasteiger partial charge on any atom is -0.494 e. The molecule has 0 saturated heterocycles. The van der Waals surface area contributed by atoms with Crippen LogP contribution in [0.25, 0.3) is 10.2 Å². The lowest BCUT2D eigenvalue weighted by molar-refractivity contribution is -0.116. The van der Waals surface area contributed by atoms with Crippen molar-refractivity contribution in [3.63, 3.8) is 0 Å². The molecular formula is C20H22N2O3S. The maximum absolute atomic E-state index is 12.4. The smallest absolute Gasteiger partial charge is 0.224 e. The molecule has 1 N–H and O–H groups in total. The number of carbonyl (C=O) groups excluding carboxylic acids is 1. The lowest BCUT2D eigenvalue weighted by atomic mass is 10.2. The molecule has 0 unspecified atom stereocenters. The van der Waals surface area contributed by atoms with Crippen LogP contribution in [0.3, 0.4) is 0 Å². The molecule has 1 aromatic heterocycles. The van der Waals surface area contributed by atoms with E-state index >= 15 is 0 Å². The minimum absolute atomic E-state index is 0.0705. The molecule has 26 heavy (non-hydrogen) atoms. The van der Waals surface area contributed by atoms with Gasteiger partial charge in [-0.15, -0.1) is 11.3 Å². The number of aryl methyl sites for hydroxylation is 1. The lowest BCUT2D eigenvalue weighted by Crippen LogP contribution is -2.13. The van der Waals surface area contributed by atoms with E-state index in [2.05, 4.69) is 10.3 Å². The molecule has 0 bridgehead atoms. The van der Waals surface area contributed by atoms with Crippen LogP contribution in [0.2, 0.25) is 0 Å². The SMILES string of the molecule is CCOc1ccc(OCC)c(NC(=O)CCc2nc3ccccc3s2)c1. The maximum atomic E-state index is 12.4. The number of anilines is 1. The molecule has 0 radical (unpaired) electrons. The highest BCUT2D eigenvalue weighted by molar-refractivity contribution is 7.18. The Hall–Kier alpha value is -2.60. The summed E-state index contributed by atoms with van der Waals surface area (Å²) in [7, 11) is 0. The van der Waals surface area contributed by atoms with E-state index in [0.717, 1.165) is 15.2 Å². The Morgan fingerprint density at radius 1 is 1.12 bits per heavy atom. The first-order valence-corrected chi connectivity index (χ1v) is 9.55. The zero-order chi connectivity index (χ0) is 18.4. The molecule has 0 aliphatic heterocycles. The van der Waals surface area contributed by atoms with Crippen molar-refractivity contribution in [2.24, 2.45) is 0 Å². The first kappa shape index (κ1) is 18.2. The summed E-state index contributed by atoms with van der Waals surface area (Å²) in [6.07, 6.45) is 0.977. The van der Waals surface area contributed by atoms with Crippen molar-refractivity contribution in [3.8, 4) is 11.5 Å². The normalized spacial score (nSPS) is 10.7. The number of nitrogens with zero attached hydrogens (tertiary/aromatic N) is 1. The number of ether oxygens (including phenoxy) is 2. The summed E-state index contributed by atoms with van der Waals surface area (Å²) >= 11 is 1.63. The van der Waals surface area contributed by atoms with Crippen LogP contribution in [0, 0.1) is 0 Å². The van der Waals surface area contributed by atoms with Crippen LogP contribution < -0.4 is 14.8 Å². The number of carbonyl (C=O) groups is 1. The summed E-state index contributed by atoms with van der Waals surface area (Å²) in [4.78, 5) is 17.0. The van der Waals surface area contributed by atoms with E-state index in [1.807, 2.05) is 50.2 Å². The van der Waals surface area contributed by atoms with E-state index in [4.69, 9.17) is 9.47 Å². The van der Waals surface area contributed by atoms with Crippen molar-refractivity contribution in [1.29, 1.82) is 0 Å². The van der Waals surface area contributed by atoms with Crippen molar-refractivity contribution >= 4 is 33.1 Å². The van der Waals surface area contributed by atoms with Crippen LogP contribution >= 0.6 is 11.3 Å². The second-order valence-corrected chi connectivity index (χ2v) is 6.76. The molecule has 1 heterocycles. The second kappa shape index (κ2) is 8.67. The van der Waals surface area contributed by atoms with Gasteiger partial charge in [0.05, 0.1) is 34.1 Å². The van der Waals surface area contributed by atoms with Gasteiger partial charge < -0.3 is 14.8 Å². The summed E-state index contributed by atoms with van der Waals surface area (Å²) in [5, 5.41) is 3.90. The molecule has 0 spiro atoms. The highest BCUT2D eigenvalue weighted by atomic mass is 32.1. The van der Waals surface area contributed by atoms with E-state index < -0.39 is 0 Å². The zero-order valence-electron chi connectivity index (χ0n) is 15.0. The summed E-state index contributed by atoms with van der Waals surface area (Å²) in [5.74, 6) is 1.28. The van der Waals surface area contributed by atoms with Crippen LogP contribution in [-0.2, 0) is 11.2 Å². The van der Waals surface area contributed by atoms with Gasteiger partial charge in [-0.3, -0.25) is 4.79 Å². The fourth-order valence-electron chi connectivity index (χ4n) is 2.60. The van der Waals surface area contributed by atoms with Gasteiger partial charge in [0.25, 0.3) is 0 Å². The van der Waals surface area contributed by atoms with Gasteiger partial charge in [-0.2, -0.15) is 0 Å². The molecule has 6 heteroatoms. The Kier molecular flexibility index (Phi) is 6.07. The van der Waals surface area contributed by atoms with Crippen LogP contribution in [-0.4, -0.2) is 24.1 Å². The Morgan fingerprint density at radius 2 is 1.92 bits per heavy atom. The molecule has 1 amide bonds. The lowest BCUT2D eigenvalue weighted by Gasteiger charge is -2.13. The molecule has 0 aliphatic rings. The molecular weight excluding hydrogens is 348 g/mol. The summed E-state index contributed by atoms with van der Waals surface area (Å²) in [6, 6.07) is 13.5. The molecule has 0 atom stereocenters. The average Bonchev–Trinajstić information content (AvgIpc) is 3.05. The fourth-order valence-corrected chi connectivity index (χ4v) is 3.57. The monoisotopic (exact) mass is 370 g/mol. The van der Waals surface area contributed by atoms with Gasteiger partial charge in [0.2, 0.25) is 5.91 Å². The van der Waals surface area contributed by atoms with Gasteiger partial charge in [-0.05, 0) is 38.1 Å². The Balaban J connectivity index is 1.65. The highest BCUT2D eigenvalue weighted by Crippen LogP contribution is 2.30. The van der Waals surface area contributed by atoms with Crippen molar-refractivity contribution < 1.29 is 14.3 Å². The third-order valence-corrected chi connectivity index (χ3v) is 4.84. The molecule has 0 fully saturated rings. The van der Waals surface area contributed by atoms with Gasteiger partial charge in [-0.25, -0.2) is 4.98 Å². The number of fused-ring (bicyclic) bond motifs is 1. The minimum atomic E-state index is -0.0705. The maximum Gasteiger partial charge on any atom is 0.224 e. The van der Waals surface area contributed by atoms with E-state index in [1.165, 1.54) is 0 Å². The van der Waals surface area contributed by atoms with Crippen molar-refractivity contribution in [2.45, 2.75) is 26.7 Å². The second-order valence-electron chi connectivity index (χ2n) is 5.65. The van der Waals surface area contributed by atoms with E-state index in [1.54, 1.807) is 17.4 Å². The molecule has 2 aromatic carbocycles.